The molecule has 0 unspecified atom stereocenters. The molecule has 0 aromatic heterocycles. The van der Waals surface area contributed by atoms with Crippen LogP contribution in [0.15, 0.2) is 24.3 Å². The van der Waals surface area contributed by atoms with E-state index in [1.807, 2.05) is 0 Å². The highest BCUT2D eigenvalue weighted by Crippen LogP contribution is 2.26. The zero-order chi connectivity index (χ0) is 16.8. The third kappa shape index (κ3) is 5.11. The number of ether oxygens (including phenoxy) is 3. The largest absolute Gasteiger partial charge is 0.467 e. The molecule has 1 aromatic rings. The molecular formula is C15H18F3NO4. The van der Waals surface area contributed by atoms with Crippen molar-refractivity contribution in [3.05, 3.63) is 29.8 Å². The second-order valence-electron chi connectivity index (χ2n) is 5.06. The van der Waals surface area contributed by atoms with E-state index >= 15 is 0 Å². The summed E-state index contributed by atoms with van der Waals surface area (Å²) in [5.41, 5.74) is 0.654. The predicted octanol–water partition coefficient (Wildman–Crippen LogP) is 2.17. The molecule has 1 heterocycles. The van der Waals surface area contributed by atoms with Crippen LogP contribution in [-0.2, 0) is 14.3 Å². The summed E-state index contributed by atoms with van der Waals surface area (Å²) >= 11 is 0. The molecule has 0 bridgehead atoms. The maximum Gasteiger partial charge on any atom is 0.387 e. The van der Waals surface area contributed by atoms with E-state index in [1.54, 1.807) is 17.0 Å². The minimum Gasteiger partial charge on any atom is -0.467 e. The molecule has 2 rings (SSSR count). The topological polar surface area (TPSA) is 48.0 Å². The van der Waals surface area contributed by atoms with Crippen molar-refractivity contribution < 1.29 is 32.2 Å². The van der Waals surface area contributed by atoms with Crippen molar-refractivity contribution in [1.82, 2.24) is 4.90 Å². The smallest absolute Gasteiger partial charge is 0.387 e. The van der Waals surface area contributed by atoms with Crippen LogP contribution in [0.3, 0.4) is 0 Å². The van der Waals surface area contributed by atoms with Gasteiger partial charge in [-0.05, 0) is 17.7 Å². The maximum absolute atomic E-state index is 13.7. The van der Waals surface area contributed by atoms with Gasteiger partial charge in [0.25, 0.3) is 0 Å². The van der Waals surface area contributed by atoms with Crippen LogP contribution in [0.5, 0.6) is 5.75 Å². The minimum absolute atomic E-state index is 0.0381. The first-order valence-electron chi connectivity index (χ1n) is 7.10. The summed E-state index contributed by atoms with van der Waals surface area (Å²) < 4.78 is 52.5. The molecule has 0 spiro atoms. The third-order valence-corrected chi connectivity index (χ3v) is 3.48. The highest BCUT2D eigenvalue weighted by atomic mass is 19.3. The number of nitrogens with zero attached hydrogens (tertiary/aromatic N) is 1. The number of carbonyl (C=O) groups excluding carboxylic acids is 1. The Morgan fingerprint density at radius 2 is 2.22 bits per heavy atom. The molecule has 128 valence electrons. The van der Waals surface area contributed by atoms with Crippen LogP contribution in [0.4, 0.5) is 13.2 Å². The van der Waals surface area contributed by atoms with Gasteiger partial charge >= 0.3 is 12.6 Å². The normalized spacial score (nSPS) is 20.3. The Kier molecular flexibility index (Phi) is 6.23. The number of alkyl halides is 3. The van der Waals surface area contributed by atoms with Crippen molar-refractivity contribution >= 4 is 5.97 Å². The van der Waals surface area contributed by atoms with Crippen LogP contribution in [0.1, 0.15) is 11.7 Å². The summed E-state index contributed by atoms with van der Waals surface area (Å²) in [6.07, 6.45) is -2.14. The molecule has 5 nitrogen and oxygen atoms in total. The van der Waals surface area contributed by atoms with Gasteiger partial charge < -0.3 is 14.2 Å². The van der Waals surface area contributed by atoms with Gasteiger partial charge in [0.05, 0.1) is 19.8 Å². The van der Waals surface area contributed by atoms with Gasteiger partial charge in [-0.1, -0.05) is 12.1 Å². The fraction of sp³-hybridized carbons (Fsp3) is 0.533. The summed E-state index contributed by atoms with van der Waals surface area (Å²) in [7, 11) is 1.13. The summed E-state index contributed by atoms with van der Waals surface area (Å²) in [6.45, 7) is -1.84. The lowest BCUT2D eigenvalue weighted by molar-refractivity contribution is -0.148. The average Bonchev–Trinajstić information content (AvgIpc) is 2.54. The molecule has 1 aliphatic rings. The molecule has 2 atom stereocenters. The lowest BCUT2D eigenvalue weighted by atomic mass is 10.1. The van der Waals surface area contributed by atoms with Crippen LogP contribution < -0.4 is 4.74 Å². The molecule has 1 aromatic carbocycles. The van der Waals surface area contributed by atoms with Crippen LogP contribution >= 0.6 is 0 Å². The number of hydrogen-bond acceptors (Lipinski definition) is 5. The molecule has 1 fully saturated rings. The molecule has 23 heavy (non-hydrogen) atoms. The monoisotopic (exact) mass is 333 g/mol. The van der Waals surface area contributed by atoms with E-state index in [2.05, 4.69) is 9.47 Å². The van der Waals surface area contributed by atoms with Gasteiger partial charge in [0.15, 0.2) is 0 Å². The fourth-order valence-corrected chi connectivity index (χ4v) is 2.39. The molecule has 1 aliphatic heterocycles. The number of esters is 1. The Morgan fingerprint density at radius 1 is 1.43 bits per heavy atom. The van der Waals surface area contributed by atoms with E-state index in [9.17, 15) is 18.0 Å². The lowest BCUT2D eigenvalue weighted by Gasteiger charge is -2.33. The van der Waals surface area contributed by atoms with Crippen LogP contribution in [0.2, 0.25) is 0 Å². The van der Waals surface area contributed by atoms with Crippen molar-refractivity contribution in [2.24, 2.45) is 0 Å². The van der Waals surface area contributed by atoms with Crippen molar-refractivity contribution in [3.8, 4) is 5.75 Å². The lowest BCUT2D eigenvalue weighted by Crippen LogP contribution is -2.43. The van der Waals surface area contributed by atoms with Gasteiger partial charge in [-0.3, -0.25) is 4.90 Å². The van der Waals surface area contributed by atoms with Gasteiger partial charge in [-0.25, -0.2) is 9.18 Å². The van der Waals surface area contributed by atoms with Crippen molar-refractivity contribution in [2.75, 3.05) is 33.4 Å². The third-order valence-electron chi connectivity index (χ3n) is 3.48. The van der Waals surface area contributed by atoms with Crippen molar-refractivity contribution in [2.45, 2.75) is 18.9 Å². The molecule has 0 N–H and O–H groups in total. The summed E-state index contributed by atoms with van der Waals surface area (Å²) in [5, 5.41) is 0. The zero-order valence-corrected chi connectivity index (χ0v) is 12.6. The molecular weight excluding hydrogens is 315 g/mol. The van der Waals surface area contributed by atoms with Crippen LogP contribution in [0.25, 0.3) is 0 Å². The molecule has 1 saturated heterocycles. The second-order valence-corrected chi connectivity index (χ2v) is 5.06. The number of methoxy groups -OCH3 is 1. The van der Waals surface area contributed by atoms with E-state index in [0.29, 0.717) is 25.3 Å². The summed E-state index contributed by atoms with van der Waals surface area (Å²) in [4.78, 5) is 12.9. The highest BCUT2D eigenvalue weighted by Gasteiger charge is 2.27. The van der Waals surface area contributed by atoms with Crippen LogP contribution in [-0.4, -0.2) is 57.0 Å². The van der Waals surface area contributed by atoms with Gasteiger partial charge in [-0.2, -0.15) is 8.78 Å². The van der Waals surface area contributed by atoms with E-state index in [1.165, 1.54) is 12.1 Å². The Hall–Kier alpha value is -1.80. The fourth-order valence-electron chi connectivity index (χ4n) is 2.39. The number of morpholine rings is 1. The predicted molar refractivity (Wildman–Crippen MR) is 75.1 cm³/mol. The Balaban J connectivity index is 1.99. The first-order valence-corrected chi connectivity index (χ1v) is 7.10. The summed E-state index contributed by atoms with van der Waals surface area (Å²) in [5.74, 6) is -0.878. The van der Waals surface area contributed by atoms with E-state index in [4.69, 9.17) is 4.74 Å². The van der Waals surface area contributed by atoms with Gasteiger partial charge in [0, 0.05) is 19.6 Å². The molecule has 0 aliphatic carbocycles. The Bertz CT molecular complexity index is 529. The Morgan fingerprint density at radius 3 is 2.91 bits per heavy atom. The molecule has 0 saturated carbocycles. The first-order chi connectivity index (χ1) is 11.0. The van der Waals surface area contributed by atoms with Gasteiger partial charge in [0.1, 0.15) is 5.75 Å². The zero-order valence-electron chi connectivity index (χ0n) is 12.6. The standard InChI is InChI=1S/C15H18F3NO4/c1-21-14(20)12(16)8-19-5-6-22-13(9-19)10-3-2-4-11(7-10)23-15(17)18/h2-4,7,12-13,15H,5-6,8-9H2,1H3/t12-,13+/m0/s1. The van der Waals surface area contributed by atoms with E-state index < -0.39 is 24.9 Å². The number of rotatable bonds is 6. The number of halogens is 3. The Labute approximate surface area is 131 Å². The number of benzene rings is 1. The molecule has 8 heteroatoms. The number of hydrogen-bond donors (Lipinski definition) is 0. The molecule has 0 radical (unpaired) electrons. The van der Waals surface area contributed by atoms with Gasteiger partial charge in [-0.15, -0.1) is 0 Å². The van der Waals surface area contributed by atoms with E-state index in [-0.39, 0.29) is 12.3 Å². The molecule has 0 amide bonds. The first kappa shape index (κ1) is 17.6. The van der Waals surface area contributed by atoms with Crippen LogP contribution in [0, 0.1) is 0 Å². The quantitative estimate of drug-likeness (QED) is 0.747. The van der Waals surface area contributed by atoms with Gasteiger partial charge in [0.2, 0.25) is 6.17 Å². The maximum atomic E-state index is 13.7. The van der Waals surface area contributed by atoms with Crippen molar-refractivity contribution in [1.29, 1.82) is 0 Å². The van der Waals surface area contributed by atoms with Crippen molar-refractivity contribution in [3.63, 3.8) is 0 Å². The number of carbonyl (C=O) groups is 1. The highest BCUT2D eigenvalue weighted by molar-refractivity contribution is 5.74. The SMILES string of the molecule is COC(=O)[C@@H](F)CN1CCO[C@@H](c2cccc(OC(F)F)c2)C1. The summed E-state index contributed by atoms with van der Waals surface area (Å²) in [6, 6.07) is 6.19. The minimum atomic E-state index is -2.90. The van der Waals surface area contributed by atoms with E-state index in [0.717, 1.165) is 7.11 Å². The second kappa shape index (κ2) is 8.16. The average molecular weight is 333 g/mol.